The summed E-state index contributed by atoms with van der Waals surface area (Å²) < 4.78 is 5.33. The van der Waals surface area contributed by atoms with E-state index < -0.39 is 6.04 Å². The van der Waals surface area contributed by atoms with Crippen LogP contribution >= 0.6 is 0 Å². The summed E-state index contributed by atoms with van der Waals surface area (Å²) in [6.07, 6.45) is 0.542. The number of nitrogens with zero attached hydrogens (tertiary/aromatic N) is 2. The Bertz CT molecular complexity index is 577. The van der Waals surface area contributed by atoms with Crippen molar-refractivity contribution in [3.8, 4) is 0 Å². The molecule has 1 aliphatic rings. The molecule has 1 aromatic rings. The lowest BCUT2D eigenvalue weighted by Gasteiger charge is -2.24. The average Bonchev–Trinajstić information content (AvgIpc) is 3.07. The number of amides is 2. The van der Waals surface area contributed by atoms with Gasteiger partial charge in [-0.1, -0.05) is 44.2 Å². The molecule has 6 nitrogen and oxygen atoms in total. The fourth-order valence-corrected chi connectivity index (χ4v) is 2.97. The van der Waals surface area contributed by atoms with Gasteiger partial charge in [0.25, 0.3) is 0 Å². The lowest BCUT2D eigenvalue weighted by atomic mass is 10.0. The summed E-state index contributed by atoms with van der Waals surface area (Å²) in [4.78, 5) is 27.8. The van der Waals surface area contributed by atoms with E-state index >= 15 is 0 Å². The molecular formula is C19H29N3O3. The standard InChI is InChI=1S/C19H29N3O3/c1-14(2)17(20)18(23)22-10-9-16(12-22)11-21(3)19(24)25-13-15-7-5-4-6-8-15/h4-8,14,16-17H,9-13,20H2,1-3H3/t16?,17-/m0/s1. The number of ether oxygens (including phenoxy) is 1. The van der Waals surface area contributed by atoms with E-state index in [-0.39, 0.29) is 30.4 Å². The SMILES string of the molecule is CC(C)[C@H](N)C(=O)N1CCC(CN(C)C(=O)OCc2ccccc2)C1. The number of likely N-dealkylation sites (tertiary alicyclic amines) is 1. The first kappa shape index (κ1) is 19.2. The van der Waals surface area contributed by atoms with Gasteiger partial charge in [-0.05, 0) is 23.8 Å². The molecule has 2 rings (SSSR count). The zero-order chi connectivity index (χ0) is 18.4. The highest BCUT2D eigenvalue weighted by Gasteiger charge is 2.31. The number of rotatable bonds is 6. The molecule has 2 N–H and O–H groups in total. The highest BCUT2D eigenvalue weighted by molar-refractivity contribution is 5.82. The lowest BCUT2D eigenvalue weighted by Crippen LogP contribution is -2.46. The van der Waals surface area contributed by atoms with Gasteiger partial charge in [0.05, 0.1) is 6.04 Å². The predicted octanol–water partition coefficient (Wildman–Crippen LogP) is 2.09. The van der Waals surface area contributed by atoms with Gasteiger partial charge in [-0.15, -0.1) is 0 Å². The zero-order valence-electron chi connectivity index (χ0n) is 15.4. The second-order valence-corrected chi connectivity index (χ2v) is 7.13. The highest BCUT2D eigenvalue weighted by Crippen LogP contribution is 2.19. The van der Waals surface area contributed by atoms with Crippen LogP contribution in [0.5, 0.6) is 0 Å². The third-order valence-corrected chi connectivity index (χ3v) is 4.65. The van der Waals surface area contributed by atoms with Gasteiger partial charge in [-0.25, -0.2) is 4.79 Å². The average molecular weight is 347 g/mol. The summed E-state index contributed by atoms with van der Waals surface area (Å²) in [6.45, 7) is 6.10. The molecule has 2 atom stereocenters. The second kappa shape index (κ2) is 8.85. The Hall–Kier alpha value is -2.08. The van der Waals surface area contributed by atoms with Crippen LogP contribution in [0.1, 0.15) is 25.8 Å². The van der Waals surface area contributed by atoms with Crippen LogP contribution in [0.4, 0.5) is 4.79 Å². The minimum atomic E-state index is -0.452. The maximum atomic E-state index is 12.3. The molecule has 25 heavy (non-hydrogen) atoms. The van der Waals surface area contributed by atoms with E-state index in [4.69, 9.17) is 10.5 Å². The number of benzene rings is 1. The summed E-state index contributed by atoms with van der Waals surface area (Å²) in [5, 5.41) is 0. The Morgan fingerprint density at radius 3 is 2.64 bits per heavy atom. The Balaban J connectivity index is 1.76. The number of hydrogen-bond acceptors (Lipinski definition) is 4. The van der Waals surface area contributed by atoms with Crippen molar-refractivity contribution in [2.24, 2.45) is 17.6 Å². The topological polar surface area (TPSA) is 75.9 Å². The zero-order valence-corrected chi connectivity index (χ0v) is 15.4. The van der Waals surface area contributed by atoms with E-state index in [0.717, 1.165) is 12.0 Å². The summed E-state index contributed by atoms with van der Waals surface area (Å²) >= 11 is 0. The number of carbonyl (C=O) groups is 2. The minimum absolute atomic E-state index is 0.00630. The Morgan fingerprint density at radius 1 is 1.32 bits per heavy atom. The summed E-state index contributed by atoms with van der Waals surface area (Å²) in [7, 11) is 1.73. The Kier molecular flexibility index (Phi) is 6.82. The molecule has 1 aliphatic heterocycles. The maximum Gasteiger partial charge on any atom is 0.409 e. The molecule has 6 heteroatoms. The molecule has 0 spiro atoms. The van der Waals surface area contributed by atoms with Crippen LogP contribution in [0.15, 0.2) is 30.3 Å². The molecule has 1 saturated heterocycles. The molecule has 2 amide bonds. The lowest BCUT2D eigenvalue weighted by molar-refractivity contribution is -0.132. The van der Waals surface area contributed by atoms with Crippen LogP contribution in [-0.4, -0.2) is 54.5 Å². The summed E-state index contributed by atoms with van der Waals surface area (Å²) in [5.41, 5.74) is 6.92. The number of nitrogens with two attached hydrogens (primary N) is 1. The summed E-state index contributed by atoms with van der Waals surface area (Å²) in [6, 6.07) is 9.15. The Morgan fingerprint density at radius 2 is 2.00 bits per heavy atom. The molecule has 0 aromatic heterocycles. The first-order valence-corrected chi connectivity index (χ1v) is 8.84. The van der Waals surface area contributed by atoms with Crippen LogP contribution in [-0.2, 0) is 16.1 Å². The third kappa shape index (κ3) is 5.46. The largest absolute Gasteiger partial charge is 0.445 e. The van der Waals surface area contributed by atoms with E-state index in [2.05, 4.69) is 0 Å². The second-order valence-electron chi connectivity index (χ2n) is 7.13. The molecule has 0 bridgehead atoms. The van der Waals surface area contributed by atoms with E-state index in [0.29, 0.717) is 19.6 Å². The fraction of sp³-hybridized carbons (Fsp3) is 0.579. The number of carbonyl (C=O) groups excluding carboxylic acids is 2. The van der Waals surface area contributed by atoms with Crippen molar-refractivity contribution in [3.63, 3.8) is 0 Å². The van der Waals surface area contributed by atoms with Gasteiger partial charge in [-0.3, -0.25) is 4.79 Å². The first-order valence-electron chi connectivity index (χ1n) is 8.84. The van der Waals surface area contributed by atoms with Crippen molar-refractivity contribution in [1.29, 1.82) is 0 Å². The van der Waals surface area contributed by atoms with Crippen LogP contribution in [0.2, 0.25) is 0 Å². The normalized spacial score (nSPS) is 18.3. The van der Waals surface area contributed by atoms with Gasteiger partial charge in [-0.2, -0.15) is 0 Å². The van der Waals surface area contributed by atoms with E-state index in [1.54, 1.807) is 11.9 Å². The monoisotopic (exact) mass is 347 g/mol. The van der Waals surface area contributed by atoms with Gasteiger partial charge in [0, 0.05) is 26.7 Å². The van der Waals surface area contributed by atoms with Crippen molar-refractivity contribution in [3.05, 3.63) is 35.9 Å². The smallest absolute Gasteiger partial charge is 0.409 e. The van der Waals surface area contributed by atoms with Gasteiger partial charge < -0.3 is 20.3 Å². The molecule has 0 aliphatic carbocycles. The third-order valence-electron chi connectivity index (χ3n) is 4.65. The molecular weight excluding hydrogens is 318 g/mol. The van der Waals surface area contributed by atoms with E-state index in [9.17, 15) is 9.59 Å². The summed E-state index contributed by atoms with van der Waals surface area (Å²) in [5.74, 6) is 0.395. The van der Waals surface area contributed by atoms with E-state index in [1.807, 2.05) is 49.1 Å². The van der Waals surface area contributed by atoms with Crippen LogP contribution in [0.3, 0.4) is 0 Å². The first-order chi connectivity index (χ1) is 11.9. The highest BCUT2D eigenvalue weighted by atomic mass is 16.6. The molecule has 138 valence electrons. The van der Waals surface area contributed by atoms with Crippen molar-refractivity contribution in [2.45, 2.75) is 32.9 Å². The van der Waals surface area contributed by atoms with Crippen molar-refractivity contribution in [1.82, 2.24) is 9.80 Å². The quantitative estimate of drug-likeness (QED) is 0.855. The molecule has 0 saturated carbocycles. The van der Waals surface area contributed by atoms with Gasteiger partial charge in [0.2, 0.25) is 5.91 Å². The molecule has 1 fully saturated rings. The van der Waals surface area contributed by atoms with Crippen LogP contribution in [0.25, 0.3) is 0 Å². The van der Waals surface area contributed by atoms with Gasteiger partial charge >= 0.3 is 6.09 Å². The van der Waals surface area contributed by atoms with Crippen molar-refractivity contribution >= 4 is 12.0 Å². The van der Waals surface area contributed by atoms with Crippen molar-refractivity contribution in [2.75, 3.05) is 26.7 Å². The van der Waals surface area contributed by atoms with Crippen LogP contribution < -0.4 is 5.73 Å². The van der Waals surface area contributed by atoms with Crippen molar-refractivity contribution < 1.29 is 14.3 Å². The maximum absolute atomic E-state index is 12.3. The fourth-order valence-electron chi connectivity index (χ4n) is 2.97. The molecule has 1 unspecified atom stereocenters. The molecule has 0 radical (unpaired) electrons. The minimum Gasteiger partial charge on any atom is -0.445 e. The molecule has 1 heterocycles. The van der Waals surface area contributed by atoms with E-state index in [1.165, 1.54) is 0 Å². The molecule has 1 aromatic carbocycles. The van der Waals surface area contributed by atoms with Gasteiger partial charge in [0.15, 0.2) is 0 Å². The predicted molar refractivity (Wildman–Crippen MR) is 96.8 cm³/mol. The Labute approximate surface area is 149 Å². The van der Waals surface area contributed by atoms with Crippen LogP contribution in [0, 0.1) is 11.8 Å². The van der Waals surface area contributed by atoms with Gasteiger partial charge in [0.1, 0.15) is 6.61 Å². The number of hydrogen-bond donors (Lipinski definition) is 1.